The van der Waals surface area contributed by atoms with E-state index in [-0.39, 0.29) is 12.3 Å². The number of hydrogen-bond acceptors (Lipinski definition) is 3. The van der Waals surface area contributed by atoms with Crippen LogP contribution in [0.25, 0.3) is 0 Å². The second kappa shape index (κ2) is 8.74. The first-order chi connectivity index (χ1) is 16.1. The fourth-order valence-electron chi connectivity index (χ4n) is 4.61. The quantitative estimate of drug-likeness (QED) is 0.352. The average Bonchev–Trinajstić information content (AvgIpc) is 3.08. The molecule has 1 aliphatic heterocycles. The van der Waals surface area contributed by atoms with Gasteiger partial charge in [-0.15, -0.1) is 0 Å². The minimum absolute atomic E-state index is 0.182. The van der Waals surface area contributed by atoms with Gasteiger partial charge >= 0.3 is 0 Å². The smallest absolute Gasteiger partial charge is 0.260 e. The topological polar surface area (TPSA) is 43.8 Å². The highest BCUT2D eigenvalue weighted by Crippen LogP contribution is 2.47. The van der Waals surface area contributed by atoms with E-state index in [1.54, 1.807) is 23.1 Å². The van der Waals surface area contributed by atoms with E-state index in [4.69, 9.17) is 11.6 Å². The van der Waals surface area contributed by atoms with Crippen LogP contribution in [0.5, 0.6) is 0 Å². The van der Waals surface area contributed by atoms with Crippen LogP contribution in [0.4, 0.5) is 11.4 Å². The standard InChI is InChI=1S/C28H23ClN2O2/c29-23-13-9-12-22(18-23)19-28(31(33)24-14-5-2-6-15-24)25-16-7-8-17-26(25)30(27(28)32)20-21-10-3-1-4-11-21/h1-18,33H,19-20H2/t28-/m1/s1. The Morgan fingerprint density at radius 2 is 1.42 bits per heavy atom. The number of para-hydroxylation sites is 2. The summed E-state index contributed by atoms with van der Waals surface area (Å²) in [6.07, 6.45) is 0.264. The van der Waals surface area contributed by atoms with Crippen molar-refractivity contribution in [1.82, 2.24) is 0 Å². The molecule has 1 N–H and O–H groups in total. The number of fused-ring (bicyclic) bond motifs is 1. The molecule has 0 saturated heterocycles. The molecular formula is C28H23ClN2O2. The third kappa shape index (κ3) is 3.78. The van der Waals surface area contributed by atoms with Crippen molar-refractivity contribution in [2.45, 2.75) is 18.5 Å². The van der Waals surface area contributed by atoms with Crippen LogP contribution in [0.15, 0.2) is 109 Å². The Hall–Kier alpha value is -3.60. The van der Waals surface area contributed by atoms with E-state index in [2.05, 4.69) is 0 Å². The molecule has 0 unspecified atom stereocenters. The van der Waals surface area contributed by atoms with Gasteiger partial charge in [-0.05, 0) is 41.5 Å². The van der Waals surface area contributed by atoms with Crippen LogP contribution in [0.3, 0.4) is 0 Å². The number of nitrogens with zero attached hydrogens (tertiary/aromatic N) is 2. The minimum Gasteiger partial charge on any atom is -0.305 e. The van der Waals surface area contributed by atoms with Gasteiger partial charge in [-0.2, -0.15) is 0 Å². The van der Waals surface area contributed by atoms with Gasteiger partial charge in [-0.3, -0.25) is 10.0 Å². The van der Waals surface area contributed by atoms with E-state index in [1.807, 2.05) is 91.0 Å². The zero-order valence-corrected chi connectivity index (χ0v) is 18.7. The molecule has 0 radical (unpaired) electrons. The van der Waals surface area contributed by atoms with E-state index < -0.39 is 5.54 Å². The van der Waals surface area contributed by atoms with Gasteiger partial charge in [0.05, 0.1) is 17.9 Å². The van der Waals surface area contributed by atoms with Crippen molar-refractivity contribution in [2.75, 3.05) is 9.96 Å². The van der Waals surface area contributed by atoms with E-state index in [0.717, 1.165) is 27.4 Å². The van der Waals surface area contributed by atoms with Crippen molar-refractivity contribution in [1.29, 1.82) is 0 Å². The summed E-state index contributed by atoms with van der Waals surface area (Å²) in [4.78, 5) is 16.0. The zero-order chi connectivity index (χ0) is 22.8. The highest BCUT2D eigenvalue weighted by molar-refractivity contribution is 6.30. The SMILES string of the molecule is O=C1N(Cc2ccccc2)c2ccccc2[C@@]1(Cc1cccc(Cl)c1)N(O)c1ccccc1. The first kappa shape index (κ1) is 21.3. The van der Waals surface area contributed by atoms with Crippen LogP contribution < -0.4 is 9.96 Å². The molecule has 1 aliphatic rings. The lowest BCUT2D eigenvalue weighted by Crippen LogP contribution is -2.53. The molecule has 0 aromatic heterocycles. The van der Waals surface area contributed by atoms with Crippen LogP contribution in [-0.2, 0) is 23.3 Å². The number of rotatable bonds is 6. The Bertz CT molecular complexity index is 1280. The summed E-state index contributed by atoms with van der Waals surface area (Å²) in [6, 6.07) is 34.2. The highest BCUT2D eigenvalue weighted by atomic mass is 35.5. The van der Waals surface area contributed by atoms with Crippen molar-refractivity contribution in [3.63, 3.8) is 0 Å². The van der Waals surface area contributed by atoms with E-state index in [9.17, 15) is 10.0 Å². The molecule has 4 aromatic rings. The second-order valence-electron chi connectivity index (χ2n) is 8.21. The number of amides is 1. The number of halogens is 1. The van der Waals surface area contributed by atoms with Gasteiger partial charge in [0.15, 0.2) is 5.54 Å². The molecule has 33 heavy (non-hydrogen) atoms. The summed E-state index contributed by atoms with van der Waals surface area (Å²) in [5.74, 6) is -0.182. The van der Waals surface area contributed by atoms with Gasteiger partial charge in [-0.25, -0.2) is 5.06 Å². The molecule has 0 bridgehead atoms. The van der Waals surface area contributed by atoms with Crippen molar-refractivity contribution in [3.05, 3.63) is 131 Å². The van der Waals surface area contributed by atoms with Crippen LogP contribution >= 0.6 is 11.6 Å². The Morgan fingerprint density at radius 1 is 0.788 bits per heavy atom. The number of benzene rings is 4. The summed E-state index contributed by atoms with van der Waals surface area (Å²) in [6.45, 7) is 0.413. The monoisotopic (exact) mass is 454 g/mol. The molecular weight excluding hydrogens is 432 g/mol. The Kier molecular flexibility index (Phi) is 5.63. The van der Waals surface area contributed by atoms with Gasteiger partial charge in [0.2, 0.25) is 0 Å². The molecule has 1 heterocycles. The molecule has 0 aliphatic carbocycles. The first-order valence-electron chi connectivity index (χ1n) is 10.8. The maximum atomic E-state index is 14.3. The molecule has 1 amide bonds. The maximum absolute atomic E-state index is 14.3. The number of anilines is 2. The summed E-state index contributed by atoms with van der Waals surface area (Å²) in [5, 5.41) is 13.4. The second-order valence-corrected chi connectivity index (χ2v) is 8.64. The third-order valence-corrected chi connectivity index (χ3v) is 6.37. The minimum atomic E-state index is -1.34. The maximum Gasteiger partial charge on any atom is 0.260 e. The number of hydrogen-bond donors (Lipinski definition) is 1. The molecule has 0 fully saturated rings. The summed E-state index contributed by atoms with van der Waals surface area (Å²) < 4.78 is 0. The summed E-state index contributed by atoms with van der Waals surface area (Å²) >= 11 is 6.27. The van der Waals surface area contributed by atoms with Crippen LogP contribution in [-0.4, -0.2) is 11.1 Å². The number of carbonyl (C=O) groups is 1. The van der Waals surface area contributed by atoms with Gasteiger partial charge in [0, 0.05) is 17.0 Å². The number of carbonyl (C=O) groups excluding carboxylic acids is 1. The molecule has 0 spiro atoms. The zero-order valence-electron chi connectivity index (χ0n) is 17.9. The van der Waals surface area contributed by atoms with E-state index in [0.29, 0.717) is 17.3 Å². The molecule has 5 rings (SSSR count). The van der Waals surface area contributed by atoms with Crippen molar-refractivity contribution >= 4 is 28.9 Å². The molecule has 4 nitrogen and oxygen atoms in total. The van der Waals surface area contributed by atoms with Crippen LogP contribution in [0.1, 0.15) is 16.7 Å². The Labute approximate surface area is 198 Å². The fraction of sp³-hybridized carbons (Fsp3) is 0.107. The lowest BCUT2D eigenvalue weighted by molar-refractivity contribution is -0.125. The van der Waals surface area contributed by atoms with Crippen molar-refractivity contribution in [2.24, 2.45) is 0 Å². The predicted octanol–water partition coefficient (Wildman–Crippen LogP) is 6.22. The lowest BCUT2D eigenvalue weighted by Gasteiger charge is -2.37. The number of hydroxylamine groups is 1. The largest absolute Gasteiger partial charge is 0.305 e. The molecule has 164 valence electrons. The lowest BCUT2D eigenvalue weighted by atomic mass is 9.84. The van der Waals surface area contributed by atoms with E-state index in [1.165, 1.54) is 0 Å². The molecule has 0 saturated carbocycles. The van der Waals surface area contributed by atoms with Gasteiger partial charge < -0.3 is 4.90 Å². The molecule has 4 aromatic carbocycles. The van der Waals surface area contributed by atoms with Crippen molar-refractivity contribution < 1.29 is 10.0 Å². The van der Waals surface area contributed by atoms with Crippen LogP contribution in [0, 0.1) is 0 Å². The fourth-order valence-corrected chi connectivity index (χ4v) is 4.82. The average molecular weight is 455 g/mol. The normalized spacial score (nSPS) is 17.2. The van der Waals surface area contributed by atoms with Gasteiger partial charge in [0.1, 0.15) is 0 Å². The van der Waals surface area contributed by atoms with Crippen molar-refractivity contribution in [3.8, 4) is 0 Å². The first-order valence-corrected chi connectivity index (χ1v) is 11.2. The van der Waals surface area contributed by atoms with E-state index >= 15 is 0 Å². The van der Waals surface area contributed by atoms with Gasteiger partial charge in [0.25, 0.3) is 5.91 Å². The molecule has 1 atom stereocenters. The summed E-state index contributed by atoms with van der Waals surface area (Å²) in [7, 11) is 0. The molecule has 5 heteroatoms. The Morgan fingerprint density at radius 3 is 2.15 bits per heavy atom. The van der Waals surface area contributed by atoms with Crippen LogP contribution in [0.2, 0.25) is 5.02 Å². The Balaban J connectivity index is 1.68. The third-order valence-electron chi connectivity index (χ3n) is 6.13. The van der Waals surface area contributed by atoms with Gasteiger partial charge in [-0.1, -0.05) is 90.5 Å². The predicted molar refractivity (Wildman–Crippen MR) is 132 cm³/mol. The summed E-state index contributed by atoms with van der Waals surface area (Å²) in [5.41, 5.74) is 2.65. The highest BCUT2D eigenvalue weighted by Gasteiger charge is 2.55.